The Balaban J connectivity index is 1.40. The highest BCUT2D eigenvalue weighted by Crippen LogP contribution is 2.23. The molecule has 1 aliphatic heterocycles. The number of rotatable bonds is 3. The van der Waals surface area contributed by atoms with E-state index in [9.17, 15) is 4.79 Å². The SMILES string of the molecule is Cn1ccnc1CN1CCCN(C(=O)c2ccc3c(c2)CCC3)CC1. The van der Waals surface area contributed by atoms with Gasteiger partial charge in [-0.3, -0.25) is 9.69 Å². The van der Waals surface area contributed by atoms with Gasteiger partial charge in [0.05, 0.1) is 6.54 Å². The van der Waals surface area contributed by atoms with Crippen molar-refractivity contribution in [2.45, 2.75) is 32.2 Å². The zero-order valence-electron chi connectivity index (χ0n) is 14.9. The summed E-state index contributed by atoms with van der Waals surface area (Å²) in [5, 5.41) is 0. The number of fused-ring (bicyclic) bond motifs is 1. The van der Waals surface area contributed by atoms with Gasteiger partial charge in [0.2, 0.25) is 0 Å². The second kappa shape index (κ2) is 7.00. The number of carbonyl (C=O) groups is 1. The summed E-state index contributed by atoms with van der Waals surface area (Å²) in [5.41, 5.74) is 3.66. The fraction of sp³-hybridized carbons (Fsp3) is 0.500. The van der Waals surface area contributed by atoms with Crippen molar-refractivity contribution < 1.29 is 4.79 Å². The molecule has 0 atom stereocenters. The summed E-state index contributed by atoms with van der Waals surface area (Å²) in [5.74, 6) is 1.27. The fourth-order valence-electron chi connectivity index (χ4n) is 3.97. The van der Waals surface area contributed by atoms with Gasteiger partial charge < -0.3 is 9.47 Å². The lowest BCUT2D eigenvalue weighted by molar-refractivity contribution is 0.0761. The zero-order chi connectivity index (χ0) is 17.2. The van der Waals surface area contributed by atoms with Gasteiger partial charge in [0.25, 0.3) is 5.91 Å². The molecule has 5 heteroatoms. The van der Waals surface area contributed by atoms with Crippen molar-refractivity contribution in [3.63, 3.8) is 0 Å². The number of carbonyl (C=O) groups excluding carboxylic acids is 1. The summed E-state index contributed by atoms with van der Waals surface area (Å²) >= 11 is 0. The number of benzene rings is 1. The van der Waals surface area contributed by atoms with E-state index in [2.05, 4.69) is 26.6 Å². The molecule has 132 valence electrons. The first-order chi connectivity index (χ1) is 12.2. The quantitative estimate of drug-likeness (QED) is 0.862. The summed E-state index contributed by atoms with van der Waals surface area (Å²) in [6, 6.07) is 6.30. The maximum Gasteiger partial charge on any atom is 0.253 e. The molecule has 25 heavy (non-hydrogen) atoms. The number of hydrogen-bond donors (Lipinski definition) is 0. The molecule has 1 aliphatic carbocycles. The predicted octanol–water partition coefficient (Wildman–Crippen LogP) is 2.26. The summed E-state index contributed by atoms with van der Waals surface area (Å²) in [4.78, 5) is 21.8. The number of aryl methyl sites for hydroxylation is 3. The first kappa shape index (κ1) is 16.3. The monoisotopic (exact) mass is 338 g/mol. The van der Waals surface area contributed by atoms with Crippen LogP contribution in [0.25, 0.3) is 0 Å². The van der Waals surface area contributed by atoms with E-state index in [4.69, 9.17) is 0 Å². The molecular weight excluding hydrogens is 312 g/mol. The normalized spacial score (nSPS) is 18.2. The molecule has 0 saturated carbocycles. The van der Waals surface area contributed by atoms with Crippen LogP contribution in [0.1, 0.15) is 40.2 Å². The Kier molecular flexibility index (Phi) is 4.57. The van der Waals surface area contributed by atoms with Crippen molar-refractivity contribution in [1.29, 1.82) is 0 Å². The molecule has 1 aromatic heterocycles. The first-order valence-electron chi connectivity index (χ1n) is 9.30. The van der Waals surface area contributed by atoms with E-state index in [0.29, 0.717) is 0 Å². The molecule has 2 heterocycles. The minimum absolute atomic E-state index is 0.188. The summed E-state index contributed by atoms with van der Waals surface area (Å²) in [6.07, 6.45) is 8.34. The van der Waals surface area contributed by atoms with Crippen molar-refractivity contribution in [2.24, 2.45) is 7.05 Å². The third-order valence-corrected chi connectivity index (χ3v) is 5.51. The van der Waals surface area contributed by atoms with Crippen LogP contribution in [0.4, 0.5) is 0 Å². The van der Waals surface area contributed by atoms with Crippen LogP contribution in [0.5, 0.6) is 0 Å². The van der Waals surface area contributed by atoms with Crippen LogP contribution in [-0.4, -0.2) is 51.4 Å². The average Bonchev–Trinajstić information content (AvgIpc) is 3.18. The summed E-state index contributed by atoms with van der Waals surface area (Å²) < 4.78 is 2.07. The summed E-state index contributed by atoms with van der Waals surface area (Å²) in [7, 11) is 2.03. The Labute approximate surface area is 149 Å². The standard InChI is InChI=1S/C20H26N4O/c1-22-11-8-21-19(22)15-23-9-3-10-24(13-12-23)20(25)18-7-6-16-4-2-5-17(16)14-18/h6-8,11,14H,2-5,9-10,12-13,15H2,1H3. The van der Waals surface area contributed by atoms with E-state index in [1.165, 1.54) is 17.5 Å². The minimum Gasteiger partial charge on any atom is -0.337 e. The Morgan fingerprint density at radius 1 is 1.08 bits per heavy atom. The van der Waals surface area contributed by atoms with Gasteiger partial charge in [0.1, 0.15) is 5.82 Å². The van der Waals surface area contributed by atoms with Gasteiger partial charge in [-0.05, 0) is 48.9 Å². The maximum atomic E-state index is 12.9. The van der Waals surface area contributed by atoms with Crippen molar-refractivity contribution in [3.8, 4) is 0 Å². The smallest absolute Gasteiger partial charge is 0.253 e. The highest BCUT2D eigenvalue weighted by Gasteiger charge is 2.22. The van der Waals surface area contributed by atoms with Gasteiger partial charge >= 0.3 is 0 Å². The van der Waals surface area contributed by atoms with Crippen molar-refractivity contribution in [3.05, 3.63) is 53.1 Å². The van der Waals surface area contributed by atoms with E-state index in [1.54, 1.807) is 0 Å². The van der Waals surface area contributed by atoms with E-state index in [0.717, 1.165) is 63.4 Å². The molecule has 1 saturated heterocycles. The predicted molar refractivity (Wildman–Crippen MR) is 97.5 cm³/mol. The minimum atomic E-state index is 0.188. The van der Waals surface area contributed by atoms with Crippen molar-refractivity contribution in [1.82, 2.24) is 19.4 Å². The van der Waals surface area contributed by atoms with Gasteiger partial charge in [-0.15, -0.1) is 0 Å². The lowest BCUT2D eigenvalue weighted by Crippen LogP contribution is -2.35. The number of aromatic nitrogens is 2. The van der Waals surface area contributed by atoms with E-state index < -0.39 is 0 Å². The molecule has 4 rings (SSSR count). The molecular formula is C20H26N4O. The molecule has 0 bridgehead atoms. The number of hydrogen-bond acceptors (Lipinski definition) is 3. The summed E-state index contributed by atoms with van der Waals surface area (Å²) in [6.45, 7) is 4.40. The van der Waals surface area contributed by atoms with Crippen molar-refractivity contribution >= 4 is 5.91 Å². The molecule has 0 unspecified atom stereocenters. The van der Waals surface area contributed by atoms with Gasteiger partial charge in [0.15, 0.2) is 0 Å². The van der Waals surface area contributed by atoms with E-state index in [-0.39, 0.29) is 5.91 Å². The Morgan fingerprint density at radius 2 is 1.96 bits per heavy atom. The highest BCUT2D eigenvalue weighted by atomic mass is 16.2. The highest BCUT2D eigenvalue weighted by molar-refractivity contribution is 5.94. The van der Waals surface area contributed by atoms with Crippen LogP contribution in [0.2, 0.25) is 0 Å². The van der Waals surface area contributed by atoms with Crippen LogP contribution >= 0.6 is 0 Å². The molecule has 1 fully saturated rings. The number of imidazole rings is 1. The fourth-order valence-corrected chi connectivity index (χ4v) is 3.97. The average molecular weight is 338 g/mol. The van der Waals surface area contributed by atoms with Crippen LogP contribution in [0.15, 0.2) is 30.6 Å². The van der Waals surface area contributed by atoms with E-state index >= 15 is 0 Å². The molecule has 0 N–H and O–H groups in total. The molecule has 1 aromatic carbocycles. The van der Waals surface area contributed by atoms with Crippen molar-refractivity contribution in [2.75, 3.05) is 26.2 Å². The molecule has 5 nitrogen and oxygen atoms in total. The van der Waals surface area contributed by atoms with Gasteiger partial charge in [0, 0.05) is 51.2 Å². The second-order valence-corrected chi connectivity index (χ2v) is 7.21. The number of nitrogens with zero attached hydrogens (tertiary/aromatic N) is 4. The third-order valence-electron chi connectivity index (χ3n) is 5.51. The second-order valence-electron chi connectivity index (χ2n) is 7.21. The molecule has 1 amide bonds. The number of amides is 1. The van der Waals surface area contributed by atoms with Crippen LogP contribution in [0.3, 0.4) is 0 Å². The Hall–Kier alpha value is -2.14. The van der Waals surface area contributed by atoms with Crippen LogP contribution in [0, 0.1) is 0 Å². The molecule has 0 spiro atoms. The largest absolute Gasteiger partial charge is 0.337 e. The lowest BCUT2D eigenvalue weighted by Gasteiger charge is -2.22. The molecule has 0 radical (unpaired) electrons. The van der Waals surface area contributed by atoms with Crippen LogP contribution < -0.4 is 0 Å². The Morgan fingerprint density at radius 3 is 2.80 bits per heavy atom. The van der Waals surface area contributed by atoms with Crippen LogP contribution in [-0.2, 0) is 26.4 Å². The molecule has 2 aromatic rings. The van der Waals surface area contributed by atoms with E-state index in [1.807, 2.05) is 30.4 Å². The zero-order valence-corrected chi connectivity index (χ0v) is 14.9. The topological polar surface area (TPSA) is 41.4 Å². The van der Waals surface area contributed by atoms with Gasteiger partial charge in [-0.2, -0.15) is 0 Å². The third kappa shape index (κ3) is 3.47. The maximum absolute atomic E-state index is 12.9. The van der Waals surface area contributed by atoms with Gasteiger partial charge in [-0.1, -0.05) is 6.07 Å². The molecule has 2 aliphatic rings. The first-order valence-corrected chi connectivity index (χ1v) is 9.30. The van der Waals surface area contributed by atoms with Gasteiger partial charge in [-0.25, -0.2) is 4.98 Å². The Bertz CT molecular complexity index is 767. The lowest BCUT2D eigenvalue weighted by atomic mass is 10.1.